The lowest BCUT2D eigenvalue weighted by molar-refractivity contribution is 0.0985. The first-order chi connectivity index (χ1) is 21.1. The van der Waals surface area contributed by atoms with Crippen LogP contribution in [-0.2, 0) is 13.0 Å². The molecule has 0 saturated heterocycles. The molecular formula is C37H34N4O2. The zero-order valence-corrected chi connectivity index (χ0v) is 24.2. The van der Waals surface area contributed by atoms with Crippen LogP contribution in [0.4, 0.5) is 5.69 Å². The third-order valence-electron chi connectivity index (χ3n) is 7.74. The molecule has 1 N–H and O–H groups in total. The highest BCUT2D eigenvalue weighted by Crippen LogP contribution is 2.31. The Kier molecular flexibility index (Phi) is 8.44. The molecule has 43 heavy (non-hydrogen) atoms. The van der Waals surface area contributed by atoms with Gasteiger partial charge in [0.2, 0.25) is 0 Å². The summed E-state index contributed by atoms with van der Waals surface area (Å²) in [5.74, 6) is 1.54. The van der Waals surface area contributed by atoms with Crippen LogP contribution in [0.2, 0.25) is 0 Å². The van der Waals surface area contributed by atoms with Gasteiger partial charge in [0.1, 0.15) is 18.1 Å². The van der Waals surface area contributed by atoms with Crippen molar-refractivity contribution in [2.24, 2.45) is 5.92 Å². The van der Waals surface area contributed by atoms with Gasteiger partial charge < -0.3 is 10.1 Å². The van der Waals surface area contributed by atoms with E-state index in [2.05, 4.69) is 51.7 Å². The molecule has 0 aliphatic heterocycles. The second kappa shape index (κ2) is 12.9. The predicted molar refractivity (Wildman–Crippen MR) is 169 cm³/mol. The Bertz CT molecular complexity index is 1750. The van der Waals surface area contributed by atoms with Gasteiger partial charge in [0.25, 0.3) is 0 Å². The number of aryl methyl sites for hydroxylation is 1. The van der Waals surface area contributed by atoms with E-state index in [0.29, 0.717) is 23.7 Å². The number of carbonyl (C=O) groups excluding carboxylic acids is 1. The second-order valence-corrected chi connectivity index (χ2v) is 11.2. The molecule has 6 rings (SSSR count). The molecule has 1 heterocycles. The molecule has 214 valence electrons. The van der Waals surface area contributed by atoms with Crippen molar-refractivity contribution in [2.75, 3.05) is 6.54 Å². The summed E-state index contributed by atoms with van der Waals surface area (Å²) in [5, 5.41) is 8.35. The van der Waals surface area contributed by atoms with Crippen molar-refractivity contribution in [3.63, 3.8) is 0 Å². The fourth-order valence-corrected chi connectivity index (χ4v) is 5.28. The Labute approximate surface area is 252 Å². The largest absolute Gasteiger partial charge is 0.489 e. The number of benzene rings is 4. The molecule has 1 aromatic heterocycles. The summed E-state index contributed by atoms with van der Waals surface area (Å²) in [7, 11) is 0. The van der Waals surface area contributed by atoms with Crippen LogP contribution in [-0.4, -0.2) is 22.1 Å². The van der Waals surface area contributed by atoms with Crippen LogP contribution in [0.25, 0.3) is 10.5 Å². The maximum Gasteiger partial charge on any atom is 0.189 e. The number of rotatable bonds is 12. The molecule has 5 aromatic rings. The van der Waals surface area contributed by atoms with Gasteiger partial charge in [-0.25, -0.2) is 9.53 Å². The van der Waals surface area contributed by atoms with Crippen molar-refractivity contribution in [1.82, 2.24) is 15.1 Å². The van der Waals surface area contributed by atoms with Gasteiger partial charge in [-0.1, -0.05) is 78.9 Å². The van der Waals surface area contributed by atoms with Crippen molar-refractivity contribution in [1.29, 1.82) is 0 Å². The highest BCUT2D eigenvalue weighted by molar-refractivity contribution is 5.96. The molecule has 1 saturated carbocycles. The Hall–Kier alpha value is -4.99. The van der Waals surface area contributed by atoms with Crippen molar-refractivity contribution >= 4 is 11.5 Å². The van der Waals surface area contributed by atoms with Crippen LogP contribution in [0.3, 0.4) is 0 Å². The van der Waals surface area contributed by atoms with E-state index in [1.165, 1.54) is 12.8 Å². The van der Waals surface area contributed by atoms with E-state index < -0.39 is 0 Å². The third-order valence-corrected chi connectivity index (χ3v) is 7.74. The summed E-state index contributed by atoms with van der Waals surface area (Å²) in [6.45, 7) is 10.7. The van der Waals surface area contributed by atoms with Gasteiger partial charge in [0.05, 0.1) is 24.0 Å². The smallest absolute Gasteiger partial charge is 0.189 e. The zero-order valence-electron chi connectivity index (χ0n) is 24.2. The third kappa shape index (κ3) is 7.09. The topological polar surface area (TPSA) is 60.5 Å². The molecule has 0 bridgehead atoms. The Balaban J connectivity index is 1.21. The first-order valence-electron chi connectivity index (χ1n) is 14.7. The minimum absolute atomic E-state index is 0.00274. The standard InChI is InChI=1S/C37H34N4O2/c1-26-20-35(41(40-26)33-13-7-12-32(23-33)38-2)36(42)22-29-10-6-11-31(21-29)37(39-24-27-14-15-27)30-16-18-34(19-17-30)43-25-28-8-4-3-5-9-28/h3-13,16-21,23,27,37,39H,14-15,22,24-25H2,1H3. The van der Waals surface area contributed by atoms with Crippen molar-refractivity contribution < 1.29 is 9.53 Å². The van der Waals surface area contributed by atoms with E-state index in [-0.39, 0.29) is 18.2 Å². The minimum Gasteiger partial charge on any atom is -0.489 e. The molecule has 4 aromatic carbocycles. The van der Waals surface area contributed by atoms with E-state index in [1.54, 1.807) is 16.8 Å². The van der Waals surface area contributed by atoms with Crippen molar-refractivity contribution in [3.05, 3.63) is 154 Å². The van der Waals surface area contributed by atoms with Crippen LogP contribution in [0, 0.1) is 19.4 Å². The average Bonchev–Trinajstić information content (AvgIpc) is 3.79. The number of aromatic nitrogens is 2. The highest BCUT2D eigenvalue weighted by Gasteiger charge is 2.24. The quantitative estimate of drug-likeness (QED) is 0.124. The number of ether oxygens (including phenoxy) is 1. The van der Waals surface area contributed by atoms with Gasteiger partial charge >= 0.3 is 0 Å². The molecule has 1 fully saturated rings. The fraction of sp³-hybridized carbons (Fsp3) is 0.216. The summed E-state index contributed by atoms with van der Waals surface area (Å²) in [4.78, 5) is 17.1. The van der Waals surface area contributed by atoms with E-state index >= 15 is 0 Å². The molecule has 0 amide bonds. The molecule has 1 aliphatic rings. The number of nitrogens with zero attached hydrogens (tertiary/aromatic N) is 3. The minimum atomic E-state index is -0.0200. The molecule has 1 aliphatic carbocycles. The second-order valence-electron chi connectivity index (χ2n) is 11.2. The van der Waals surface area contributed by atoms with Gasteiger partial charge in [0, 0.05) is 6.42 Å². The lowest BCUT2D eigenvalue weighted by Gasteiger charge is -2.21. The van der Waals surface area contributed by atoms with Crippen LogP contribution in [0.15, 0.2) is 109 Å². The maximum absolute atomic E-state index is 13.6. The lowest BCUT2D eigenvalue weighted by atomic mass is 9.95. The zero-order chi connectivity index (χ0) is 29.6. The van der Waals surface area contributed by atoms with E-state index in [0.717, 1.165) is 46.2 Å². The van der Waals surface area contributed by atoms with Gasteiger partial charge in [-0.2, -0.15) is 5.10 Å². The maximum atomic E-state index is 13.6. The average molecular weight is 567 g/mol. The van der Waals surface area contributed by atoms with E-state index in [4.69, 9.17) is 11.3 Å². The molecular weight excluding hydrogens is 532 g/mol. The number of hydrogen-bond donors (Lipinski definition) is 1. The summed E-state index contributed by atoms with van der Waals surface area (Å²) in [6.07, 6.45) is 2.79. The first-order valence-corrected chi connectivity index (χ1v) is 14.7. The van der Waals surface area contributed by atoms with Crippen LogP contribution < -0.4 is 10.1 Å². The predicted octanol–water partition coefficient (Wildman–Crippen LogP) is 7.82. The fourth-order valence-electron chi connectivity index (χ4n) is 5.28. The highest BCUT2D eigenvalue weighted by atomic mass is 16.5. The van der Waals surface area contributed by atoms with E-state index in [9.17, 15) is 4.79 Å². The summed E-state index contributed by atoms with van der Waals surface area (Å²) in [6, 6.07) is 35.8. The van der Waals surface area contributed by atoms with Crippen LogP contribution in [0.5, 0.6) is 5.75 Å². The normalized spacial score (nSPS) is 13.3. The number of ketones is 1. The summed E-state index contributed by atoms with van der Waals surface area (Å²) >= 11 is 0. The first kappa shape index (κ1) is 28.1. The van der Waals surface area contributed by atoms with Gasteiger partial charge in [-0.3, -0.25) is 4.79 Å². The van der Waals surface area contributed by atoms with Gasteiger partial charge in [-0.05, 0) is 84.8 Å². The van der Waals surface area contributed by atoms with Gasteiger partial charge in [-0.15, -0.1) is 0 Å². The van der Waals surface area contributed by atoms with Crippen LogP contribution in [0.1, 0.15) is 57.3 Å². The molecule has 0 spiro atoms. The number of nitrogens with one attached hydrogen (secondary N) is 1. The Morgan fingerprint density at radius 1 is 0.930 bits per heavy atom. The molecule has 1 atom stereocenters. The number of carbonyl (C=O) groups is 1. The van der Waals surface area contributed by atoms with Gasteiger partial charge in [0.15, 0.2) is 11.5 Å². The van der Waals surface area contributed by atoms with E-state index in [1.807, 2.05) is 67.6 Å². The monoisotopic (exact) mass is 566 g/mol. The van der Waals surface area contributed by atoms with Crippen molar-refractivity contribution in [2.45, 2.75) is 38.8 Å². The van der Waals surface area contributed by atoms with Crippen molar-refractivity contribution in [3.8, 4) is 11.4 Å². The number of hydrogen-bond acceptors (Lipinski definition) is 4. The summed E-state index contributed by atoms with van der Waals surface area (Å²) in [5.41, 5.74) is 6.85. The Morgan fingerprint density at radius 3 is 2.47 bits per heavy atom. The Morgan fingerprint density at radius 2 is 1.70 bits per heavy atom. The molecule has 6 nitrogen and oxygen atoms in total. The SMILES string of the molecule is [C-]#[N+]c1cccc(-n2nc(C)cc2C(=O)Cc2cccc(C(NCC3CC3)c3ccc(OCc4ccccc4)cc3)c2)c1. The molecule has 6 heteroatoms. The summed E-state index contributed by atoms with van der Waals surface area (Å²) < 4.78 is 7.67. The lowest BCUT2D eigenvalue weighted by Crippen LogP contribution is -2.24. The molecule has 0 radical (unpaired) electrons. The number of Topliss-reactive ketones (excluding diaryl/α,β-unsaturated/α-hetero) is 1. The molecule has 1 unspecified atom stereocenters. The van der Waals surface area contributed by atoms with Crippen LogP contribution >= 0.6 is 0 Å².